The van der Waals surface area contributed by atoms with Crippen molar-refractivity contribution in [3.63, 3.8) is 0 Å². The minimum Gasteiger partial charge on any atom is -0.493 e. The number of benzene rings is 1. The van der Waals surface area contributed by atoms with E-state index in [-0.39, 0.29) is 17.9 Å². The van der Waals surface area contributed by atoms with Gasteiger partial charge in [-0.05, 0) is 37.5 Å². The number of fused-ring (bicyclic) bond motifs is 2. The highest BCUT2D eigenvalue weighted by Gasteiger charge is 2.32. The minimum absolute atomic E-state index is 0.0253. The Kier molecular flexibility index (Phi) is 5.92. The number of pyridine rings is 1. The van der Waals surface area contributed by atoms with E-state index in [0.717, 1.165) is 19.4 Å². The standard InChI is InChI=1S/C22H24N4O4/c1-29-19-12-17-18(24-14-16-4-2-10-26(16)22(17)28)13-20(19)30-11-3-5-21(27)25-15-6-8-23-9-7-15/h6-9,12-14,16H,2-5,10-11H2,1H3,(H,23,25,27)/t16-/m0/s1. The molecule has 0 bridgehead atoms. The first-order valence-corrected chi connectivity index (χ1v) is 10.1. The number of aromatic nitrogens is 1. The van der Waals surface area contributed by atoms with Crippen molar-refractivity contribution in [2.45, 2.75) is 31.7 Å². The van der Waals surface area contributed by atoms with E-state index in [2.05, 4.69) is 15.3 Å². The van der Waals surface area contributed by atoms with Crippen LogP contribution in [0.4, 0.5) is 11.4 Å². The summed E-state index contributed by atoms with van der Waals surface area (Å²) in [6, 6.07) is 6.96. The van der Waals surface area contributed by atoms with E-state index in [1.807, 2.05) is 11.1 Å². The van der Waals surface area contributed by atoms with Crippen molar-refractivity contribution in [3.8, 4) is 11.5 Å². The van der Waals surface area contributed by atoms with E-state index >= 15 is 0 Å². The Bertz CT molecular complexity index is 961. The van der Waals surface area contributed by atoms with E-state index in [1.165, 1.54) is 0 Å². The maximum atomic E-state index is 12.9. The van der Waals surface area contributed by atoms with E-state index in [9.17, 15) is 9.59 Å². The van der Waals surface area contributed by atoms with Gasteiger partial charge in [-0.25, -0.2) is 0 Å². The number of rotatable bonds is 7. The van der Waals surface area contributed by atoms with Crippen molar-refractivity contribution < 1.29 is 19.1 Å². The molecule has 1 aromatic carbocycles. The molecule has 0 aliphatic carbocycles. The number of methoxy groups -OCH3 is 1. The van der Waals surface area contributed by atoms with Gasteiger partial charge in [0.1, 0.15) is 0 Å². The predicted molar refractivity (Wildman–Crippen MR) is 113 cm³/mol. The molecule has 0 unspecified atom stereocenters. The predicted octanol–water partition coefficient (Wildman–Crippen LogP) is 3.21. The molecule has 8 heteroatoms. The Balaban J connectivity index is 1.38. The van der Waals surface area contributed by atoms with Crippen LogP contribution in [0.25, 0.3) is 0 Å². The van der Waals surface area contributed by atoms with Gasteiger partial charge >= 0.3 is 0 Å². The van der Waals surface area contributed by atoms with Crippen molar-refractivity contribution in [2.75, 3.05) is 25.6 Å². The molecule has 0 spiro atoms. The number of amides is 2. The van der Waals surface area contributed by atoms with E-state index < -0.39 is 0 Å². The van der Waals surface area contributed by atoms with Gasteiger partial charge in [0.05, 0.1) is 31.0 Å². The fourth-order valence-corrected chi connectivity index (χ4v) is 3.69. The van der Waals surface area contributed by atoms with Crippen LogP contribution in [0.1, 0.15) is 36.0 Å². The van der Waals surface area contributed by atoms with Crippen LogP contribution in [-0.4, -0.2) is 54.2 Å². The Morgan fingerprint density at radius 1 is 1.27 bits per heavy atom. The Hall–Kier alpha value is -3.42. The molecule has 1 aromatic heterocycles. The number of anilines is 1. The van der Waals surface area contributed by atoms with Gasteiger partial charge in [0.2, 0.25) is 5.91 Å². The van der Waals surface area contributed by atoms with Crippen molar-refractivity contribution in [1.29, 1.82) is 0 Å². The zero-order valence-corrected chi connectivity index (χ0v) is 16.8. The van der Waals surface area contributed by atoms with Gasteiger partial charge in [0, 0.05) is 43.3 Å². The number of hydrogen-bond donors (Lipinski definition) is 1. The summed E-state index contributed by atoms with van der Waals surface area (Å²) in [6.07, 6.45) is 7.88. The number of nitrogens with one attached hydrogen (secondary N) is 1. The van der Waals surface area contributed by atoms with Crippen LogP contribution in [0.15, 0.2) is 41.7 Å². The number of ether oxygens (including phenoxy) is 2. The largest absolute Gasteiger partial charge is 0.493 e. The summed E-state index contributed by atoms with van der Waals surface area (Å²) in [5.74, 6) is 0.881. The molecule has 2 aliphatic rings. The normalized spacial score (nSPS) is 17.2. The molecular weight excluding hydrogens is 384 g/mol. The Labute approximate surface area is 174 Å². The topological polar surface area (TPSA) is 93.1 Å². The van der Waals surface area contributed by atoms with Crippen LogP contribution in [0.2, 0.25) is 0 Å². The first kappa shape index (κ1) is 19.9. The van der Waals surface area contributed by atoms with Gasteiger partial charge in [0.25, 0.3) is 5.91 Å². The lowest BCUT2D eigenvalue weighted by Crippen LogP contribution is -2.35. The summed E-state index contributed by atoms with van der Waals surface area (Å²) in [4.78, 5) is 35.2. The molecule has 2 aromatic rings. The quantitative estimate of drug-likeness (QED) is 0.710. The van der Waals surface area contributed by atoms with Crippen molar-refractivity contribution in [3.05, 3.63) is 42.2 Å². The SMILES string of the molecule is COc1cc2c(cc1OCCCC(=O)Nc1ccncc1)N=C[C@@H]1CCCN1C2=O. The maximum Gasteiger partial charge on any atom is 0.256 e. The number of carbonyl (C=O) groups excluding carboxylic acids is 2. The monoisotopic (exact) mass is 408 g/mol. The highest BCUT2D eigenvalue weighted by atomic mass is 16.5. The fourth-order valence-electron chi connectivity index (χ4n) is 3.69. The molecule has 30 heavy (non-hydrogen) atoms. The molecule has 1 saturated heterocycles. The first-order chi connectivity index (χ1) is 14.7. The van der Waals surface area contributed by atoms with E-state index in [1.54, 1.807) is 43.8 Å². The lowest BCUT2D eigenvalue weighted by molar-refractivity contribution is -0.116. The van der Waals surface area contributed by atoms with Gasteiger partial charge < -0.3 is 19.7 Å². The summed E-state index contributed by atoms with van der Waals surface area (Å²) in [5, 5.41) is 2.81. The molecule has 0 saturated carbocycles. The molecule has 0 radical (unpaired) electrons. The molecule has 8 nitrogen and oxygen atoms in total. The molecule has 1 N–H and O–H groups in total. The average Bonchev–Trinajstić information content (AvgIpc) is 3.19. The van der Waals surface area contributed by atoms with Crippen LogP contribution in [0.5, 0.6) is 11.5 Å². The zero-order chi connectivity index (χ0) is 20.9. The molecule has 4 rings (SSSR count). The van der Waals surface area contributed by atoms with Gasteiger partial charge in [-0.3, -0.25) is 19.6 Å². The summed E-state index contributed by atoms with van der Waals surface area (Å²) in [6.45, 7) is 1.09. The minimum atomic E-state index is -0.0884. The summed E-state index contributed by atoms with van der Waals surface area (Å²) in [7, 11) is 1.54. The van der Waals surface area contributed by atoms with Crippen LogP contribution in [0, 0.1) is 0 Å². The first-order valence-electron chi connectivity index (χ1n) is 10.1. The van der Waals surface area contributed by atoms with Crippen molar-refractivity contribution in [1.82, 2.24) is 9.88 Å². The van der Waals surface area contributed by atoms with Gasteiger partial charge in [0.15, 0.2) is 11.5 Å². The third kappa shape index (κ3) is 4.27. The molecule has 1 fully saturated rings. The van der Waals surface area contributed by atoms with Gasteiger partial charge in [-0.2, -0.15) is 0 Å². The van der Waals surface area contributed by atoms with Gasteiger partial charge in [-0.15, -0.1) is 0 Å². The van der Waals surface area contributed by atoms with Crippen LogP contribution in [-0.2, 0) is 4.79 Å². The van der Waals surface area contributed by atoms with E-state index in [4.69, 9.17) is 9.47 Å². The molecule has 1 atom stereocenters. The highest BCUT2D eigenvalue weighted by Crippen LogP contribution is 2.38. The average molecular weight is 408 g/mol. The highest BCUT2D eigenvalue weighted by molar-refractivity contribution is 6.03. The van der Waals surface area contributed by atoms with Crippen LogP contribution >= 0.6 is 0 Å². The van der Waals surface area contributed by atoms with Crippen molar-refractivity contribution >= 4 is 29.4 Å². The summed E-state index contributed by atoms with van der Waals surface area (Å²) < 4.78 is 11.3. The Morgan fingerprint density at radius 3 is 2.90 bits per heavy atom. The van der Waals surface area contributed by atoms with Crippen molar-refractivity contribution in [2.24, 2.45) is 4.99 Å². The van der Waals surface area contributed by atoms with Gasteiger partial charge in [-0.1, -0.05) is 0 Å². The lowest BCUT2D eigenvalue weighted by Gasteiger charge is -2.20. The second-order valence-corrected chi connectivity index (χ2v) is 7.24. The summed E-state index contributed by atoms with van der Waals surface area (Å²) >= 11 is 0. The number of carbonyl (C=O) groups is 2. The molecule has 156 valence electrons. The zero-order valence-electron chi connectivity index (χ0n) is 16.8. The molecule has 2 aliphatic heterocycles. The second kappa shape index (κ2) is 8.94. The third-order valence-electron chi connectivity index (χ3n) is 5.23. The fraction of sp³-hybridized carbons (Fsp3) is 0.364. The number of nitrogens with zero attached hydrogens (tertiary/aromatic N) is 3. The molecule has 3 heterocycles. The Morgan fingerprint density at radius 2 is 2.10 bits per heavy atom. The lowest BCUT2D eigenvalue weighted by atomic mass is 10.1. The van der Waals surface area contributed by atoms with Crippen LogP contribution in [0.3, 0.4) is 0 Å². The maximum absolute atomic E-state index is 12.9. The molecular formula is C22H24N4O4. The number of aliphatic imine (C=N–C) groups is 1. The summed E-state index contributed by atoms with van der Waals surface area (Å²) in [5.41, 5.74) is 1.82. The smallest absolute Gasteiger partial charge is 0.256 e. The second-order valence-electron chi connectivity index (χ2n) is 7.24. The molecule has 2 amide bonds. The third-order valence-corrected chi connectivity index (χ3v) is 5.23. The van der Waals surface area contributed by atoms with E-state index in [0.29, 0.717) is 47.9 Å². The van der Waals surface area contributed by atoms with Crippen LogP contribution < -0.4 is 14.8 Å². The number of hydrogen-bond acceptors (Lipinski definition) is 6.